The molecule has 1 aliphatic heterocycles. The standard InChI is InChI=1S/C25H24ClF3N4O5/c1-12-8-14(22(36)31-12)10-19(20(34)24(38)30-2)33-23(37)17-11-16(26)6-7-18(17)32-21(35)13-4-3-5-15(9-13)25(27,28)29/h3-7,9,11-12,14,19H,8,10H2,1-2H3,(H,30,38)(H,31,36)(H,32,35)(H,33,37)/t12-,14+,19?/m1/s1. The average molecular weight is 553 g/mol. The maximum atomic E-state index is 13.2. The SMILES string of the molecule is CNC(=O)C(=O)C(C[C@@H]1C[C@@H](C)NC1=O)NC(=O)c1cc(Cl)ccc1NC(=O)c1cccc(C(F)(F)F)c1. The largest absolute Gasteiger partial charge is 0.416 e. The maximum Gasteiger partial charge on any atom is 0.416 e. The van der Waals surface area contributed by atoms with Gasteiger partial charge < -0.3 is 21.3 Å². The number of carbonyl (C=O) groups excluding carboxylic acids is 5. The number of likely N-dealkylation sites (N-methyl/N-ethyl adjacent to an activating group) is 1. The second-order valence-corrected chi connectivity index (χ2v) is 9.21. The maximum absolute atomic E-state index is 13.2. The Balaban J connectivity index is 1.86. The molecule has 1 aliphatic rings. The first kappa shape index (κ1) is 28.6. The fraction of sp³-hybridized carbons (Fsp3) is 0.320. The number of alkyl halides is 3. The summed E-state index contributed by atoms with van der Waals surface area (Å²) in [5, 5.41) is 9.79. The monoisotopic (exact) mass is 552 g/mol. The Kier molecular flexibility index (Phi) is 8.77. The number of rotatable bonds is 8. The Labute approximate surface area is 220 Å². The van der Waals surface area contributed by atoms with Crippen molar-refractivity contribution in [3.63, 3.8) is 0 Å². The lowest BCUT2D eigenvalue weighted by molar-refractivity contribution is -0.139. The fourth-order valence-corrected chi connectivity index (χ4v) is 4.21. The molecule has 13 heteroatoms. The van der Waals surface area contributed by atoms with E-state index in [0.29, 0.717) is 12.5 Å². The van der Waals surface area contributed by atoms with Crippen LogP contribution in [0.1, 0.15) is 46.0 Å². The van der Waals surface area contributed by atoms with Gasteiger partial charge in [-0.25, -0.2) is 0 Å². The Morgan fingerprint density at radius 1 is 1.11 bits per heavy atom. The number of Topliss-reactive ketones (excluding diaryl/α,β-unsaturated/α-hetero) is 1. The highest BCUT2D eigenvalue weighted by atomic mass is 35.5. The first-order chi connectivity index (χ1) is 17.8. The quantitative estimate of drug-likeness (QED) is 0.374. The molecule has 2 aromatic rings. The highest BCUT2D eigenvalue weighted by molar-refractivity contribution is 6.38. The molecule has 38 heavy (non-hydrogen) atoms. The van der Waals surface area contributed by atoms with Crippen molar-refractivity contribution in [2.45, 2.75) is 38.0 Å². The van der Waals surface area contributed by atoms with Crippen molar-refractivity contribution in [1.29, 1.82) is 0 Å². The average Bonchev–Trinajstić information content (AvgIpc) is 3.19. The molecule has 0 spiro atoms. The molecule has 202 valence electrons. The van der Waals surface area contributed by atoms with Crippen LogP contribution in [0, 0.1) is 5.92 Å². The third-order valence-electron chi connectivity index (χ3n) is 5.92. The van der Waals surface area contributed by atoms with Gasteiger partial charge in [-0.2, -0.15) is 13.2 Å². The molecule has 9 nitrogen and oxygen atoms in total. The first-order valence-electron chi connectivity index (χ1n) is 11.5. The molecule has 2 aromatic carbocycles. The summed E-state index contributed by atoms with van der Waals surface area (Å²) >= 11 is 6.03. The van der Waals surface area contributed by atoms with Crippen LogP contribution in [0.15, 0.2) is 42.5 Å². The minimum absolute atomic E-state index is 0.0883. The van der Waals surface area contributed by atoms with Gasteiger partial charge in [0.15, 0.2) is 0 Å². The molecule has 1 unspecified atom stereocenters. The van der Waals surface area contributed by atoms with Gasteiger partial charge in [-0.15, -0.1) is 0 Å². The van der Waals surface area contributed by atoms with Crippen LogP contribution in [0.25, 0.3) is 0 Å². The van der Waals surface area contributed by atoms with E-state index >= 15 is 0 Å². The molecule has 3 rings (SSSR count). The number of benzene rings is 2. The van der Waals surface area contributed by atoms with Crippen LogP contribution in [-0.2, 0) is 20.6 Å². The molecule has 0 bridgehead atoms. The van der Waals surface area contributed by atoms with Crippen molar-refractivity contribution < 1.29 is 37.1 Å². The third-order valence-corrected chi connectivity index (χ3v) is 6.15. The van der Waals surface area contributed by atoms with E-state index in [4.69, 9.17) is 11.6 Å². The highest BCUT2D eigenvalue weighted by Crippen LogP contribution is 2.30. The molecule has 0 aromatic heterocycles. The number of nitrogens with one attached hydrogen (secondary N) is 4. The highest BCUT2D eigenvalue weighted by Gasteiger charge is 2.36. The molecule has 1 fully saturated rings. The fourth-order valence-electron chi connectivity index (χ4n) is 4.03. The number of amides is 4. The number of anilines is 1. The van der Waals surface area contributed by atoms with Crippen LogP contribution >= 0.6 is 11.6 Å². The van der Waals surface area contributed by atoms with Gasteiger partial charge in [0.2, 0.25) is 11.7 Å². The van der Waals surface area contributed by atoms with Crippen LogP contribution in [0.3, 0.4) is 0 Å². The van der Waals surface area contributed by atoms with Crippen LogP contribution < -0.4 is 21.3 Å². The zero-order chi connectivity index (χ0) is 28.2. The lowest BCUT2D eigenvalue weighted by Gasteiger charge is -2.20. The van der Waals surface area contributed by atoms with Crippen molar-refractivity contribution in [1.82, 2.24) is 16.0 Å². The zero-order valence-electron chi connectivity index (χ0n) is 20.2. The zero-order valence-corrected chi connectivity index (χ0v) is 21.0. The Hall–Kier alpha value is -3.93. The third kappa shape index (κ3) is 6.88. The summed E-state index contributed by atoms with van der Waals surface area (Å²) in [6.07, 6.45) is -4.43. The summed E-state index contributed by atoms with van der Waals surface area (Å²) in [7, 11) is 1.24. The molecule has 1 saturated heterocycles. The molecule has 4 amide bonds. The summed E-state index contributed by atoms with van der Waals surface area (Å²) < 4.78 is 39.2. The number of halogens is 4. The van der Waals surface area contributed by atoms with Gasteiger partial charge in [0.05, 0.1) is 22.9 Å². The smallest absolute Gasteiger partial charge is 0.353 e. The molecular weight excluding hydrogens is 529 g/mol. The summed E-state index contributed by atoms with van der Waals surface area (Å²) in [5.74, 6) is -4.75. The summed E-state index contributed by atoms with van der Waals surface area (Å²) in [5.41, 5.74) is -1.65. The van der Waals surface area contributed by atoms with E-state index in [1.807, 2.05) is 0 Å². The Bertz CT molecular complexity index is 1280. The van der Waals surface area contributed by atoms with Gasteiger partial charge in [-0.1, -0.05) is 17.7 Å². The van der Waals surface area contributed by atoms with E-state index in [1.165, 1.54) is 31.3 Å². The van der Waals surface area contributed by atoms with Crippen molar-refractivity contribution >= 4 is 46.7 Å². The van der Waals surface area contributed by atoms with Crippen LogP contribution in [-0.4, -0.2) is 48.5 Å². The molecule has 4 N–H and O–H groups in total. The van der Waals surface area contributed by atoms with E-state index in [1.54, 1.807) is 6.92 Å². The molecule has 3 atom stereocenters. The normalized spacial score (nSPS) is 17.8. The van der Waals surface area contributed by atoms with Gasteiger partial charge in [0, 0.05) is 29.6 Å². The lowest BCUT2D eigenvalue weighted by atomic mass is 9.93. The number of ketones is 1. The minimum atomic E-state index is -4.66. The second kappa shape index (κ2) is 11.6. The predicted molar refractivity (Wildman–Crippen MR) is 132 cm³/mol. The van der Waals surface area contributed by atoms with Gasteiger partial charge in [-0.05, 0) is 56.2 Å². The Morgan fingerprint density at radius 3 is 2.42 bits per heavy atom. The van der Waals surface area contributed by atoms with Gasteiger partial charge in [-0.3, -0.25) is 24.0 Å². The van der Waals surface area contributed by atoms with Crippen LogP contribution in [0.2, 0.25) is 5.02 Å². The minimum Gasteiger partial charge on any atom is -0.353 e. The predicted octanol–water partition coefficient (Wildman–Crippen LogP) is 2.94. The molecule has 1 heterocycles. The summed E-state index contributed by atoms with van der Waals surface area (Å²) in [4.78, 5) is 62.9. The van der Waals surface area contributed by atoms with Crippen molar-refractivity contribution in [3.05, 3.63) is 64.2 Å². The van der Waals surface area contributed by atoms with E-state index < -0.39 is 47.2 Å². The number of carbonyl (C=O) groups is 5. The van der Waals surface area contributed by atoms with Crippen molar-refractivity contribution in [2.75, 3.05) is 12.4 Å². The summed E-state index contributed by atoms with van der Waals surface area (Å²) in [6.45, 7) is 1.78. The van der Waals surface area contributed by atoms with Crippen LogP contribution in [0.4, 0.5) is 18.9 Å². The molecule has 0 radical (unpaired) electrons. The molecular formula is C25H24ClF3N4O5. The van der Waals surface area contributed by atoms with Gasteiger partial charge in [0.1, 0.15) is 0 Å². The first-order valence-corrected chi connectivity index (χ1v) is 11.8. The number of hydrogen-bond acceptors (Lipinski definition) is 5. The van der Waals surface area contributed by atoms with E-state index in [2.05, 4.69) is 21.3 Å². The summed E-state index contributed by atoms with van der Waals surface area (Å²) in [6, 6.07) is 5.99. The van der Waals surface area contributed by atoms with E-state index in [0.717, 1.165) is 12.1 Å². The van der Waals surface area contributed by atoms with Crippen LogP contribution in [0.5, 0.6) is 0 Å². The molecule has 0 saturated carbocycles. The Morgan fingerprint density at radius 2 is 1.82 bits per heavy atom. The van der Waals surface area contributed by atoms with E-state index in [9.17, 15) is 37.1 Å². The molecule has 0 aliphatic carbocycles. The van der Waals surface area contributed by atoms with Gasteiger partial charge in [0.25, 0.3) is 17.7 Å². The topological polar surface area (TPSA) is 133 Å². The second-order valence-electron chi connectivity index (χ2n) is 8.77. The van der Waals surface area contributed by atoms with Crippen molar-refractivity contribution in [2.24, 2.45) is 5.92 Å². The van der Waals surface area contributed by atoms with Crippen molar-refractivity contribution in [3.8, 4) is 0 Å². The van der Waals surface area contributed by atoms with E-state index in [-0.39, 0.29) is 40.2 Å². The van der Waals surface area contributed by atoms with Gasteiger partial charge >= 0.3 is 6.18 Å². The number of hydrogen-bond donors (Lipinski definition) is 4. The lowest BCUT2D eigenvalue weighted by Crippen LogP contribution is -2.48.